The predicted molar refractivity (Wildman–Crippen MR) is 74.9 cm³/mol. The fourth-order valence-electron chi connectivity index (χ4n) is 1.48. The number of benzene rings is 1. The Morgan fingerprint density at radius 1 is 1.56 bits per heavy atom. The van der Waals surface area contributed by atoms with Crippen LogP contribution in [0.4, 0.5) is 0 Å². The third-order valence-electron chi connectivity index (χ3n) is 2.41. The molecule has 0 spiro atoms. The molecule has 0 heterocycles. The van der Waals surface area contributed by atoms with Gasteiger partial charge in [0.15, 0.2) is 0 Å². The zero-order valence-corrected chi connectivity index (χ0v) is 11.4. The minimum atomic E-state index is -0.293. The summed E-state index contributed by atoms with van der Waals surface area (Å²) in [6.45, 7) is 4.68. The fraction of sp³-hybridized carbons (Fsp3) is 0.357. The van der Waals surface area contributed by atoms with Crippen LogP contribution in [-0.4, -0.2) is 19.1 Å². The molecule has 1 N–H and O–H groups in total. The Morgan fingerprint density at radius 2 is 2.28 bits per heavy atom. The highest BCUT2D eigenvalue weighted by atomic mass is 35.5. The van der Waals surface area contributed by atoms with Crippen LogP contribution in [0.2, 0.25) is 0 Å². The van der Waals surface area contributed by atoms with Crippen LogP contribution in [-0.2, 0) is 4.74 Å². The summed E-state index contributed by atoms with van der Waals surface area (Å²) in [7, 11) is 0. The Labute approximate surface area is 114 Å². The second kappa shape index (κ2) is 8.57. The van der Waals surface area contributed by atoms with Gasteiger partial charge in [-0.15, -0.1) is 18.8 Å². The largest absolute Gasteiger partial charge is 0.462 e. The number of nitrogens with one attached hydrogen (secondary N) is 1. The number of ether oxygens (including phenoxy) is 1. The van der Waals surface area contributed by atoms with Gasteiger partial charge in [-0.2, -0.15) is 0 Å². The first-order valence-corrected chi connectivity index (χ1v) is 5.63. The minimum Gasteiger partial charge on any atom is -0.462 e. The number of esters is 1. The molecule has 1 atom stereocenters. The Bertz CT molecular complexity index is 426. The standard InChI is InChI=1S/C14H17NO2.ClH/c1-4-9-15-11(3)12-7-6-8-13(10-12)14(16)17-5-2;/h1,6-8,10-11,15H,5,9H2,2-3H3;1H/t11-;/m0./s1. The summed E-state index contributed by atoms with van der Waals surface area (Å²) in [6, 6.07) is 7.48. The second-order valence-corrected chi connectivity index (χ2v) is 3.65. The number of hydrogen-bond acceptors (Lipinski definition) is 3. The predicted octanol–water partition coefficient (Wildman–Crippen LogP) is 2.57. The summed E-state index contributed by atoms with van der Waals surface area (Å²) in [5.74, 6) is 2.23. The van der Waals surface area contributed by atoms with E-state index in [0.29, 0.717) is 18.7 Å². The average molecular weight is 268 g/mol. The van der Waals surface area contributed by atoms with Gasteiger partial charge in [0.05, 0.1) is 18.7 Å². The van der Waals surface area contributed by atoms with Crippen LogP contribution in [0.25, 0.3) is 0 Å². The van der Waals surface area contributed by atoms with Crippen LogP contribution < -0.4 is 5.32 Å². The minimum absolute atomic E-state index is 0. The molecule has 1 aromatic carbocycles. The highest BCUT2D eigenvalue weighted by Crippen LogP contribution is 2.14. The summed E-state index contributed by atoms with van der Waals surface area (Å²) in [5, 5.41) is 3.16. The third-order valence-corrected chi connectivity index (χ3v) is 2.41. The lowest BCUT2D eigenvalue weighted by Crippen LogP contribution is -2.19. The van der Waals surface area contributed by atoms with Gasteiger partial charge in [-0.1, -0.05) is 18.1 Å². The van der Waals surface area contributed by atoms with E-state index in [1.165, 1.54) is 0 Å². The molecule has 0 aliphatic carbocycles. The maximum atomic E-state index is 11.6. The Hall–Kier alpha value is -1.50. The van der Waals surface area contributed by atoms with Gasteiger partial charge in [0, 0.05) is 6.04 Å². The van der Waals surface area contributed by atoms with Crippen molar-refractivity contribution in [2.75, 3.05) is 13.2 Å². The van der Waals surface area contributed by atoms with E-state index >= 15 is 0 Å². The zero-order chi connectivity index (χ0) is 12.7. The molecule has 1 aromatic rings. The van der Waals surface area contributed by atoms with E-state index in [9.17, 15) is 4.79 Å². The third kappa shape index (κ3) is 4.79. The van der Waals surface area contributed by atoms with Crippen LogP contribution in [0.3, 0.4) is 0 Å². The number of carbonyl (C=O) groups is 1. The van der Waals surface area contributed by atoms with Crippen molar-refractivity contribution in [1.82, 2.24) is 5.32 Å². The van der Waals surface area contributed by atoms with Crippen molar-refractivity contribution in [2.24, 2.45) is 0 Å². The maximum absolute atomic E-state index is 11.6. The molecular weight excluding hydrogens is 250 g/mol. The lowest BCUT2D eigenvalue weighted by molar-refractivity contribution is 0.0526. The topological polar surface area (TPSA) is 38.3 Å². The molecule has 18 heavy (non-hydrogen) atoms. The molecule has 0 saturated carbocycles. The molecular formula is C14H18ClNO2. The quantitative estimate of drug-likeness (QED) is 0.658. The van der Waals surface area contributed by atoms with Crippen LogP contribution in [0.15, 0.2) is 24.3 Å². The summed E-state index contributed by atoms with van der Waals surface area (Å²) >= 11 is 0. The van der Waals surface area contributed by atoms with Crippen LogP contribution in [0.5, 0.6) is 0 Å². The Morgan fingerprint density at radius 3 is 2.89 bits per heavy atom. The summed E-state index contributed by atoms with van der Waals surface area (Å²) < 4.78 is 4.95. The summed E-state index contributed by atoms with van der Waals surface area (Å²) in [4.78, 5) is 11.6. The van der Waals surface area contributed by atoms with E-state index in [1.807, 2.05) is 25.1 Å². The van der Waals surface area contributed by atoms with Gasteiger partial charge < -0.3 is 4.74 Å². The van der Waals surface area contributed by atoms with Gasteiger partial charge in [0.2, 0.25) is 0 Å². The van der Waals surface area contributed by atoms with Crippen molar-refractivity contribution in [3.63, 3.8) is 0 Å². The molecule has 0 aliphatic heterocycles. The van der Waals surface area contributed by atoms with Crippen LogP contribution in [0.1, 0.15) is 35.8 Å². The van der Waals surface area contributed by atoms with Crippen molar-refractivity contribution in [3.8, 4) is 12.3 Å². The highest BCUT2D eigenvalue weighted by molar-refractivity contribution is 5.89. The molecule has 0 unspecified atom stereocenters. The van der Waals surface area contributed by atoms with Crippen molar-refractivity contribution >= 4 is 18.4 Å². The molecule has 1 rings (SSSR count). The average Bonchev–Trinajstić information content (AvgIpc) is 2.36. The molecule has 0 radical (unpaired) electrons. The van der Waals surface area contributed by atoms with Crippen molar-refractivity contribution in [3.05, 3.63) is 35.4 Å². The number of hydrogen-bond donors (Lipinski definition) is 1. The van der Waals surface area contributed by atoms with E-state index in [2.05, 4.69) is 11.2 Å². The van der Waals surface area contributed by atoms with Gasteiger partial charge in [0.25, 0.3) is 0 Å². The Balaban J connectivity index is 0.00000289. The van der Waals surface area contributed by atoms with Gasteiger partial charge in [-0.25, -0.2) is 4.79 Å². The lowest BCUT2D eigenvalue weighted by Gasteiger charge is -2.13. The van der Waals surface area contributed by atoms with Crippen LogP contribution >= 0.6 is 12.4 Å². The molecule has 0 saturated heterocycles. The molecule has 0 fully saturated rings. The highest BCUT2D eigenvalue weighted by Gasteiger charge is 2.09. The lowest BCUT2D eigenvalue weighted by atomic mass is 10.1. The van der Waals surface area contributed by atoms with Gasteiger partial charge in [-0.3, -0.25) is 5.32 Å². The smallest absolute Gasteiger partial charge is 0.338 e. The van der Waals surface area contributed by atoms with E-state index < -0.39 is 0 Å². The number of terminal acetylenes is 1. The number of halogens is 1. The molecule has 98 valence electrons. The van der Waals surface area contributed by atoms with Gasteiger partial charge >= 0.3 is 5.97 Å². The maximum Gasteiger partial charge on any atom is 0.338 e. The normalized spacial score (nSPS) is 10.9. The first-order chi connectivity index (χ1) is 8.19. The zero-order valence-electron chi connectivity index (χ0n) is 10.6. The van der Waals surface area contributed by atoms with E-state index in [0.717, 1.165) is 5.56 Å². The first kappa shape index (κ1) is 16.5. The molecule has 0 aromatic heterocycles. The van der Waals surface area contributed by atoms with Gasteiger partial charge in [0.1, 0.15) is 0 Å². The van der Waals surface area contributed by atoms with E-state index in [4.69, 9.17) is 11.2 Å². The summed E-state index contributed by atoms with van der Waals surface area (Å²) in [6.07, 6.45) is 5.19. The molecule has 0 bridgehead atoms. The second-order valence-electron chi connectivity index (χ2n) is 3.65. The van der Waals surface area contributed by atoms with Gasteiger partial charge in [-0.05, 0) is 31.5 Å². The van der Waals surface area contributed by atoms with Crippen molar-refractivity contribution < 1.29 is 9.53 Å². The number of rotatable bonds is 5. The monoisotopic (exact) mass is 267 g/mol. The SMILES string of the molecule is C#CCN[C@@H](C)c1cccc(C(=O)OCC)c1.Cl. The van der Waals surface area contributed by atoms with E-state index in [-0.39, 0.29) is 24.4 Å². The van der Waals surface area contributed by atoms with E-state index in [1.54, 1.807) is 13.0 Å². The van der Waals surface area contributed by atoms with Crippen molar-refractivity contribution in [1.29, 1.82) is 0 Å². The van der Waals surface area contributed by atoms with Crippen molar-refractivity contribution in [2.45, 2.75) is 19.9 Å². The summed E-state index contributed by atoms with van der Waals surface area (Å²) in [5.41, 5.74) is 1.59. The Kier molecular flexibility index (Phi) is 7.86. The molecule has 0 amide bonds. The molecule has 3 nitrogen and oxygen atoms in total. The molecule has 4 heteroatoms. The first-order valence-electron chi connectivity index (χ1n) is 5.63. The number of carbonyl (C=O) groups excluding carboxylic acids is 1. The van der Waals surface area contributed by atoms with Crippen LogP contribution in [0, 0.1) is 12.3 Å². The molecule has 0 aliphatic rings. The fourth-order valence-corrected chi connectivity index (χ4v) is 1.48.